The van der Waals surface area contributed by atoms with E-state index in [-0.39, 0.29) is 5.97 Å². The van der Waals surface area contributed by atoms with Crippen LogP contribution in [0.3, 0.4) is 0 Å². The molecule has 0 amide bonds. The van der Waals surface area contributed by atoms with Gasteiger partial charge in [0.05, 0.1) is 6.61 Å². The van der Waals surface area contributed by atoms with Crippen LogP contribution in [0.15, 0.2) is 24.3 Å². The summed E-state index contributed by atoms with van der Waals surface area (Å²) in [6.07, 6.45) is 7.20. The molecule has 3 heteroatoms. The van der Waals surface area contributed by atoms with E-state index in [9.17, 15) is 4.79 Å². The lowest BCUT2D eigenvalue weighted by molar-refractivity contribution is -0.150. The maximum absolute atomic E-state index is 12.5. The Morgan fingerprint density at radius 3 is 2.68 bits per heavy atom. The van der Waals surface area contributed by atoms with Crippen molar-refractivity contribution in [3.8, 4) is 0 Å². The SMILES string of the molecule is CCCCCCOC(=O)C12CCCC1(c1ccc(C)cc1)O2. The van der Waals surface area contributed by atoms with Crippen molar-refractivity contribution in [2.45, 2.75) is 70.0 Å². The molecule has 1 saturated heterocycles. The molecule has 120 valence electrons. The molecule has 2 unspecified atom stereocenters. The summed E-state index contributed by atoms with van der Waals surface area (Å²) in [6.45, 7) is 4.77. The van der Waals surface area contributed by atoms with Crippen LogP contribution in [-0.2, 0) is 19.9 Å². The molecule has 0 N–H and O–H groups in total. The Morgan fingerprint density at radius 1 is 1.18 bits per heavy atom. The summed E-state index contributed by atoms with van der Waals surface area (Å²) in [7, 11) is 0. The van der Waals surface area contributed by atoms with E-state index in [0.717, 1.165) is 37.7 Å². The van der Waals surface area contributed by atoms with Crippen LogP contribution in [0, 0.1) is 6.92 Å². The fraction of sp³-hybridized carbons (Fsp3) is 0.632. The van der Waals surface area contributed by atoms with Crippen LogP contribution in [0.5, 0.6) is 0 Å². The molecule has 1 aromatic rings. The van der Waals surface area contributed by atoms with Gasteiger partial charge in [-0.15, -0.1) is 0 Å². The van der Waals surface area contributed by atoms with Crippen molar-refractivity contribution in [1.29, 1.82) is 0 Å². The van der Waals surface area contributed by atoms with Crippen LogP contribution in [0.1, 0.15) is 63.0 Å². The first-order valence-electron chi connectivity index (χ1n) is 8.59. The maximum Gasteiger partial charge on any atom is 0.341 e. The standard InChI is InChI=1S/C19H26O3/c1-3-4-5-6-14-21-17(20)19-13-7-12-18(19,22-19)16-10-8-15(2)9-11-16/h8-11H,3-7,12-14H2,1-2H3. The van der Waals surface area contributed by atoms with Crippen molar-refractivity contribution in [3.05, 3.63) is 35.4 Å². The van der Waals surface area contributed by atoms with Gasteiger partial charge in [0.2, 0.25) is 0 Å². The van der Waals surface area contributed by atoms with E-state index in [2.05, 4.69) is 38.1 Å². The fourth-order valence-electron chi connectivity index (χ4n) is 3.74. The summed E-state index contributed by atoms with van der Waals surface area (Å²) in [5.74, 6) is -0.151. The largest absolute Gasteiger partial charge is 0.463 e. The number of ether oxygens (including phenoxy) is 2. The average molecular weight is 302 g/mol. The molecule has 1 saturated carbocycles. The van der Waals surface area contributed by atoms with Crippen LogP contribution in [0.4, 0.5) is 0 Å². The molecule has 0 bridgehead atoms. The van der Waals surface area contributed by atoms with Crippen LogP contribution in [0.25, 0.3) is 0 Å². The second kappa shape index (κ2) is 6.04. The van der Waals surface area contributed by atoms with Gasteiger partial charge in [0.15, 0.2) is 5.60 Å². The van der Waals surface area contributed by atoms with Gasteiger partial charge >= 0.3 is 5.97 Å². The summed E-state index contributed by atoms with van der Waals surface area (Å²) in [4.78, 5) is 12.5. The summed E-state index contributed by atoms with van der Waals surface area (Å²) in [5, 5.41) is 0. The minimum absolute atomic E-state index is 0.151. The third-order valence-corrected chi connectivity index (χ3v) is 5.10. The molecule has 0 radical (unpaired) electrons. The number of unbranched alkanes of at least 4 members (excludes halogenated alkanes) is 3. The topological polar surface area (TPSA) is 38.8 Å². The van der Waals surface area contributed by atoms with Gasteiger partial charge in [0.1, 0.15) is 5.60 Å². The summed E-state index contributed by atoms with van der Waals surface area (Å²) in [5.41, 5.74) is 1.23. The second-order valence-electron chi connectivity index (χ2n) is 6.67. The predicted octanol–water partition coefficient (Wildman–Crippen LogP) is 4.27. The molecule has 1 aliphatic carbocycles. The lowest BCUT2D eigenvalue weighted by Crippen LogP contribution is -2.30. The van der Waals surface area contributed by atoms with Gasteiger partial charge in [-0.3, -0.25) is 0 Å². The van der Waals surface area contributed by atoms with E-state index in [0.29, 0.717) is 6.61 Å². The van der Waals surface area contributed by atoms with Crippen LogP contribution < -0.4 is 0 Å². The average Bonchev–Trinajstić information content (AvgIpc) is 3.05. The zero-order chi connectivity index (χ0) is 15.6. The fourth-order valence-corrected chi connectivity index (χ4v) is 3.74. The molecule has 2 atom stereocenters. The number of carbonyl (C=O) groups is 1. The lowest BCUT2D eigenvalue weighted by atomic mass is 9.88. The minimum Gasteiger partial charge on any atom is -0.463 e. The van der Waals surface area contributed by atoms with E-state index < -0.39 is 11.2 Å². The Bertz CT molecular complexity index is 536. The molecule has 3 nitrogen and oxygen atoms in total. The third kappa shape index (κ3) is 2.45. The normalized spacial score (nSPS) is 29.2. The first-order chi connectivity index (χ1) is 10.6. The number of esters is 1. The highest BCUT2D eigenvalue weighted by Gasteiger charge is 2.78. The smallest absolute Gasteiger partial charge is 0.341 e. The summed E-state index contributed by atoms with van der Waals surface area (Å²) in [6, 6.07) is 8.36. The van der Waals surface area contributed by atoms with Crippen LogP contribution >= 0.6 is 0 Å². The van der Waals surface area contributed by atoms with Gasteiger partial charge < -0.3 is 9.47 Å². The molecule has 22 heavy (non-hydrogen) atoms. The highest BCUT2D eigenvalue weighted by Crippen LogP contribution is 2.66. The van der Waals surface area contributed by atoms with E-state index in [4.69, 9.17) is 9.47 Å². The zero-order valence-electron chi connectivity index (χ0n) is 13.7. The van der Waals surface area contributed by atoms with E-state index in [1.165, 1.54) is 18.4 Å². The highest BCUT2D eigenvalue weighted by atomic mass is 16.7. The van der Waals surface area contributed by atoms with E-state index in [1.54, 1.807) is 0 Å². The highest BCUT2D eigenvalue weighted by molar-refractivity contribution is 5.86. The van der Waals surface area contributed by atoms with Gasteiger partial charge in [-0.2, -0.15) is 0 Å². The third-order valence-electron chi connectivity index (χ3n) is 5.10. The van der Waals surface area contributed by atoms with Crippen LogP contribution in [0.2, 0.25) is 0 Å². The molecule has 2 fully saturated rings. The van der Waals surface area contributed by atoms with Gasteiger partial charge in [-0.25, -0.2) is 4.79 Å². The number of fused-ring (bicyclic) bond motifs is 1. The van der Waals surface area contributed by atoms with Gasteiger partial charge in [0.25, 0.3) is 0 Å². The van der Waals surface area contributed by atoms with Crippen molar-refractivity contribution in [2.75, 3.05) is 6.61 Å². The Labute approximate surface area is 133 Å². The predicted molar refractivity (Wildman–Crippen MR) is 85.6 cm³/mol. The number of epoxide rings is 1. The number of carbonyl (C=O) groups excluding carboxylic acids is 1. The molecular weight excluding hydrogens is 276 g/mol. The maximum atomic E-state index is 12.5. The quantitative estimate of drug-likeness (QED) is 0.429. The number of benzene rings is 1. The molecular formula is C19H26O3. The van der Waals surface area contributed by atoms with E-state index in [1.807, 2.05) is 0 Å². The van der Waals surface area contributed by atoms with Crippen molar-refractivity contribution in [2.24, 2.45) is 0 Å². The monoisotopic (exact) mass is 302 g/mol. The second-order valence-corrected chi connectivity index (χ2v) is 6.67. The number of aryl methyl sites for hydroxylation is 1. The molecule has 1 aliphatic heterocycles. The Hall–Kier alpha value is -1.35. The van der Waals surface area contributed by atoms with Crippen LogP contribution in [-0.4, -0.2) is 18.2 Å². The zero-order valence-corrected chi connectivity index (χ0v) is 13.7. The van der Waals surface area contributed by atoms with Crippen molar-refractivity contribution >= 4 is 5.97 Å². The van der Waals surface area contributed by atoms with Gasteiger partial charge in [0, 0.05) is 0 Å². The minimum atomic E-state index is -0.701. The Kier molecular flexibility index (Phi) is 4.26. The van der Waals surface area contributed by atoms with Crippen molar-refractivity contribution in [1.82, 2.24) is 0 Å². The molecule has 2 aliphatic rings. The summed E-state index contributed by atoms with van der Waals surface area (Å²) >= 11 is 0. The van der Waals surface area contributed by atoms with Crippen molar-refractivity contribution in [3.63, 3.8) is 0 Å². The number of rotatable bonds is 7. The summed E-state index contributed by atoms with van der Waals surface area (Å²) < 4.78 is 11.5. The molecule has 3 rings (SSSR count). The number of hydrogen-bond donors (Lipinski definition) is 0. The van der Waals surface area contributed by atoms with Gasteiger partial charge in [-0.05, 0) is 38.2 Å². The Morgan fingerprint density at radius 2 is 1.95 bits per heavy atom. The molecule has 0 aromatic heterocycles. The first kappa shape index (κ1) is 15.5. The van der Waals surface area contributed by atoms with Crippen molar-refractivity contribution < 1.29 is 14.3 Å². The lowest BCUT2D eigenvalue weighted by Gasteiger charge is -2.13. The number of hydrogen-bond acceptors (Lipinski definition) is 3. The molecule has 0 spiro atoms. The Balaban J connectivity index is 1.64. The molecule has 1 aromatic carbocycles. The molecule has 1 heterocycles. The first-order valence-corrected chi connectivity index (χ1v) is 8.59. The van der Waals surface area contributed by atoms with E-state index >= 15 is 0 Å². The van der Waals surface area contributed by atoms with Gasteiger partial charge in [-0.1, -0.05) is 56.0 Å².